The van der Waals surface area contributed by atoms with Crippen molar-refractivity contribution in [3.63, 3.8) is 0 Å². The average Bonchev–Trinajstić information content (AvgIpc) is 1.63. The van der Waals surface area contributed by atoms with E-state index in [1.54, 1.807) is 0 Å². The summed E-state index contributed by atoms with van der Waals surface area (Å²) in [5.41, 5.74) is 5.02. The van der Waals surface area contributed by atoms with Gasteiger partial charge in [0.1, 0.15) is 6.04 Å². The van der Waals surface area contributed by atoms with Crippen molar-refractivity contribution in [2.45, 2.75) is 6.04 Å². The van der Waals surface area contributed by atoms with Gasteiger partial charge in [0.25, 0.3) is 0 Å². The van der Waals surface area contributed by atoms with Crippen LogP contribution in [0.2, 0.25) is 0 Å². The third-order valence-electron chi connectivity index (χ3n) is 0.731. The summed E-state index contributed by atoms with van der Waals surface area (Å²) >= 11 is 0. The highest BCUT2D eigenvalue weighted by Crippen LogP contribution is 1.81. The van der Waals surface area contributed by atoms with Crippen molar-refractivity contribution < 1.29 is 14.1 Å². The van der Waals surface area contributed by atoms with E-state index in [4.69, 9.17) is 10.8 Å². The first kappa shape index (κ1) is 8.58. The molecule has 2 atom stereocenters. The summed E-state index contributed by atoms with van der Waals surface area (Å²) < 4.78 is 10.3. The molecular weight excluding hydrogens is 142 g/mol. The lowest BCUT2D eigenvalue weighted by atomic mass is 10.4. The maximum absolute atomic E-state index is 10.3. The highest BCUT2D eigenvalue weighted by molar-refractivity contribution is 7.84. The molecule has 0 aromatic heterocycles. The molecule has 5 heteroatoms. The molecule has 0 spiro atoms. The number of rotatable bonds is 3. The first-order chi connectivity index (χ1) is 4.04. The second-order valence-electron chi connectivity index (χ2n) is 1.68. The van der Waals surface area contributed by atoms with Gasteiger partial charge in [0, 0.05) is 22.8 Å². The van der Waals surface area contributed by atoms with E-state index in [0.717, 1.165) is 0 Å². The van der Waals surface area contributed by atoms with Gasteiger partial charge in [-0.3, -0.25) is 9.00 Å². The van der Waals surface area contributed by atoms with Crippen LogP contribution in [0.15, 0.2) is 0 Å². The second-order valence-corrected chi connectivity index (χ2v) is 3.16. The Morgan fingerprint density at radius 1 is 1.89 bits per heavy atom. The SMILES string of the molecule is C[S@](=O)C[C@@H](N)C(=O)O. The lowest BCUT2D eigenvalue weighted by molar-refractivity contribution is -0.137. The zero-order valence-corrected chi connectivity index (χ0v) is 5.85. The van der Waals surface area contributed by atoms with Crippen LogP contribution >= 0.6 is 0 Å². The molecule has 0 aliphatic heterocycles. The van der Waals surface area contributed by atoms with E-state index in [0.29, 0.717) is 0 Å². The summed E-state index contributed by atoms with van der Waals surface area (Å²) in [4.78, 5) is 9.98. The molecule has 0 rings (SSSR count). The van der Waals surface area contributed by atoms with Crippen molar-refractivity contribution in [3.8, 4) is 0 Å². The van der Waals surface area contributed by atoms with E-state index in [-0.39, 0.29) is 5.75 Å². The van der Waals surface area contributed by atoms with Gasteiger partial charge in [-0.1, -0.05) is 0 Å². The molecule has 0 saturated carbocycles. The maximum atomic E-state index is 10.3. The number of aliphatic carboxylic acids is 1. The van der Waals surface area contributed by atoms with Gasteiger partial charge in [0.2, 0.25) is 0 Å². The minimum Gasteiger partial charge on any atom is -0.480 e. The Hall–Kier alpha value is -0.420. The lowest BCUT2D eigenvalue weighted by Crippen LogP contribution is -2.35. The van der Waals surface area contributed by atoms with Crippen LogP contribution in [0.3, 0.4) is 0 Å². The third kappa shape index (κ3) is 4.11. The fraction of sp³-hybridized carbons (Fsp3) is 0.750. The fourth-order valence-corrected chi connectivity index (χ4v) is 0.972. The van der Waals surface area contributed by atoms with Gasteiger partial charge in [-0.25, -0.2) is 0 Å². The molecule has 0 aromatic carbocycles. The monoisotopic (exact) mass is 151 g/mol. The number of hydrogen-bond donors (Lipinski definition) is 2. The van der Waals surface area contributed by atoms with E-state index in [2.05, 4.69) is 0 Å². The van der Waals surface area contributed by atoms with E-state index in [1.165, 1.54) is 6.26 Å². The molecule has 0 fully saturated rings. The van der Waals surface area contributed by atoms with Crippen LogP contribution in [0.1, 0.15) is 0 Å². The molecule has 4 nitrogen and oxygen atoms in total. The Morgan fingerprint density at radius 2 is 2.33 bits per heavy atom. The summed E-state index contributed by atoms with van der Waals surface area (Å²) in [5, 5.41) is 8.17. The van der Waals surface area contributed by atoms with Gasteiger partial charge in [0.15, 0.2) is 0 Å². The second kappa shape index (κ2) is 3.58. The Kier molecular flexibility index (Phi) is 3.41. The Bertz CT molecular complexity index is 136. The summed E-state index contributed by atoms with van der Waals surface area (Å²) in [7, 11) is -1.12. The number of hydrogen-bond acceptors (Lipinski definition) is 3. The molecule has 54 valence electrons. The predicted octanol–water partition coefficient (Wildman–Crippen LogP) is -1.22. The highest BCUT2D eigenvalue weighted by Gasteiger charge is 2.11. The first-order valence-corrected chi connectivity index (χ1v) is 4.05. The van der Waals surface area contributed by atoms with Crippen LogP contribution in [-0.4, -0.2) is 33.3 Å². The molecule has 0 heterocycles. The Labute approximate surface area is 55.5 Å². The molecule has 9 heavy (non-hydrogen) atoms. The molecule has 0 unspecified atom stereocenters. The summed E-state index contributed by atoms with van der Waals surface area (Å²) in [5.74, 6) is -1.08. The van der Waals surface area contributed by atoms with Crippen molar-refractivity contribution in [2.24, 2.45) is 5.73 Å². The predicted molar refractivity (Wildman–Crippen MR) is 34.5 cm³/mol. The number of carboxylic acids is 1. The summed E-state index contributed by atoms with van der Waals surface area (Å²) in [6.45, 7) is 0. The van der Waals surface area contributed by atoms with Crippen LogP contribution in [0, 0.1) is 0 Å². The maximum Gasteiger partial charge on any atom is 0.321 e. The fourth-order valence-electron chi connectivity index (χ4n) is 0.324. The van der Waals surface area contributed by atoms with Crippen LogP contribution in [-0.2, 0) is 15.6 Å². The molecule has 0 radical (unpaired) electrons. The van der Waals surface area contributed by atoms with Gasteiger partial charge in [-0.05, 0) is 0 Å². The molecule has 3 N–H and O–H groups in total. The van der Waals surface area contributed by atoms with Crippen LogP contribution in [0.25, 0.3) is 0 Å². The number of nitrogens with two attached hydrogens (primary N) is 1. The van der Waals surface area contributed by atoms with Gasteiger partial charge < -0.3 is 10.8 Å². The third-order valence-corrected chi connectivity index (χ3v) is 1.56. The van der Waals surface area contributed by atoms with Crippen molar-refractivity contribution in [1.82, 2.24) is 0 Å². The minimum absolute atomic E-state index is 0.0231. The largest absolute Gasteiger partial charge is 0.480 e. The number of carboxylic acid groups (broad SMARTS) is 1. The standard InChI is InChI=1S/C4H9NO3S/c1-9(8)2-3(5)4(6)7/h3H,2,5H2,1H3,(H,6,7)/t3-,9+/m1/s1. The van der Waals surface area contributed by atoms with Gasteiger partial charge in [-0.15, -0.1) is 0 Å². The zero-order valence-electron chi connectivity index (χ0n) is 5.03. The molecular formula is C4H9NO3S. The zero-order chi connectivity index (χ0) is 7.44. The average molecular weight is 151 g/mol. The molecule has 0 bridgehead atoms. The summed E-state index contributed by atoms with van der Waals surface area (Å²) in [6, 6.07) is -0.990. The Morgan fingerprint density at radius 3 is 2.44 bits per heavy atom. The van der Waals surface area contributed by atoms with Gasteiger partial charge in [0.05, 0.1) is 0 Å². The van der Waals surface area contributed by atoms with Gasteiger partial charge in [-0.2, -0.15) is 0 Å². The first-order valence-electron chi connectivity index (χ1n) is 2.32. The highest BCUT2D eigenvalue weighted by atomic mass is 32.2. The van der Waals surface area contributed by atoms with Crippen LogP contribution in [0.4, 0.5) is 0 Å². The van der Waals surface area contributed by atoms with Crippen LogP contribution < -0.4 is 5.73 Å². The smallest absolute Gasteiger partial charge is 0.321 e. The molecule has 0 saturated heterocycles. The van der Waals surface area contributed by atoms with Gasteiger partial charge >= 0.3 is 5.97 Å². The quantitative estimate of drug-likeness (QED) is 0.529. The lowest BCUT2D eigenvalue weighted by Gasteiger charge is -2.00. The van der Waals surface area contributed by atoms with E-state index < -0.39 is 22.8 Å². The van der Waals surface area contributed by atoms with Crippen molar-refractivity contribution >= 4 is 16.8 Å². The van der Waals surface area contributed by atoms with Crippen molar-refractivity contribution in [2.75, 3.05) is 12.0 Å². The van der Waals surface area contributed by atoms with E-state index in [1.807, 2.05) is 0 Å². The minimum atomic E-state index is -1.12. The van der Waals surface area contributed by atoms with Crippen LogP contribution in [0.5, 0.6) is 0 Å². The molecule has 0 aliphatic rings. The molecule has 0 aromatic rings. The van der Waals surface area contributed by atoms with Crippen molar-refractivity contribution in [3.05, 3.63) is 0 Å². The molecule has 0 amide bonds. The van der Waals surface area contributed by atoms with E-state index in [9.17, 15) is 9.00 Å². The topological polar surface area (TPSA) is 80.4 Å². The Balaban J connectivity index is 3.63. The summed E-state index contributed by atoms with van der Waals surface area (Å²) in [6.07, 6.45) is 1.42. The molecule has 0 aliphatic carbocycles. The van der Waals surface area contributed by atoms with Crippen molar-refractivity contribution in [1.29, 1.82) is 0 Å². The van der Waals surface area contributed by atoms with E-state index >= 15 is 0 Å². The normalized spacial score (nSPS) is 16.7. The number of carbonyl (C=O) groups is 1.